The first-order valence-electron chi connectivity index (χ1n) is 6.87. The summed E-state index contributed by atoms with van der Waals surface area (Å²) >= 11 is 0. The van der Waals surface area contributed by atoms with Gasteiger partial charge in [-0.05, 0) is 18.9 Å². The van der Waals surface area contributed by atoms with Crippen molar-refractivity contribution in [2.75, 3.05) is 0 Å². The molecule has 0 atom stereocenters. The molecule has 1 N–H and O–H groups in total. The number of unbranched alkanes of at least 4 members (excludes halogenated alkanes) is 9. The van der Waals surface area contributed by atoms with Crippen molar-refractivity contribution in [1.82, 2.24) is 0 Å². The molecule has 0 aromatic heterocycles. The Hall–Kier alpha value is -0.720. The maximum Gasteiger partial charge on any atom is 0.0791 e. The minimum Gasteiger partial charge on any atom is -0.516 e. The average Bonchev–Trinajstić information content (AvgIpc) is 2.31. The van der Waals surface area contributed by atoms with Gasteiger partial charge in [0, 0.05) is 0 Å². The van der Waals surface area contributed by atoms with Gasteiger partial charge in [-0.1, -0.05) is 70.4 Å². The van der Waals surface area contributed by atoms with Gasteiger partial charge < -0.3 is 5.11 Å². The third-order valence-corrected chi connectivity index (χ3v) is 2.81. The van der Waals surface area contributed by atoms with Crippen LogP contribution in [0.5, 0.6) is 0 Å². The van der Waals surface area contributed by atoms with E-state index >= 15 is 0 Å². The second-order valence-corrected chi connectivity index (χ2v) is 4.39. The molecule has 0 bridgehead atoms. The number of aliphatic hydroxyl groups excluding tert-OH is 1. The van der Waals surface area contributed by atoms with E-state index in [1.165, 1.54) is 57.8 Å². The van der Waals surface area contributed by atoms with Gasteiger partial charge in [-0.3, -0.25) is 0 Å². The molecule has 0 aliphatic carbocycles. The molecule has 1 nitrogen and oxygen atoms in total. The first kappa shape index (κ1) is 15.3. The van der Waals surface area contributed by atoms with Crippen molar-refractivity contribution in [2.45, 2.75) is 71.1 Å². The first-order chi connectivity index (χ1) is 7.91. The summed E-state index contributed by atoms with van der Waals surface area (Å²) in [7, 11) is 0. The van der Waals surface area contributed by atoms with Crippen molar-refractivity contribution in [2.24, 2.45) is 0 Å². The van der Waals surface area contributed by atoms with Gasteiger partial charge in [-0.15, -0.1) is 0 Å². The van der Waals surface area contributed by atoms with Crippen molar-refractivity contribution in [3.05, 3.63) is 24.5 Å². The summed E-state index contributed by atoms with van der Waals surface area (Å²) in [4.78, 5) is 0. The van der Waals surface area contributed by atoms with Gasteiger partial charge in [-0.25, -0.2) is 0 Å². The summed E-state index contributed by atoms with van der Waals surface area (Å²) in [5.41, 5.74) is 0. The van der Waals surface area contributed by atoms with E-state index in [0.717, 1.165) is 12.7 Å². The molecule has 1 heteroatoms. The van der Waals surface area contributed by atoms with Crippen LogP contribution in [0, 0.1) is 0 Å². The fraction of sp³-hybridized carbons (Fsp3) is 0.733. The molecule has 0 saturated carbocycles. The van der Waals surface area contributed by atoms with Crippen molar-refractivity contribution >= 4 is 0 Å². The molecule has 0 aromatic carbocycles. The Balaban J connectivity index is 2.98. The van der Waals surface area contributed by atoms with E-state index in [9.17, 15) is 0 Å². The molecule has 0 heterocycles. The summed E-state index contributed by atoms with van der Waals surface area (Å²) in [5, 5.41) is 8.40. The topological polar surface area (TPSA) is 20.2 Å². The zero-order valence-electron chi connectivity index (χ0n) is 10.8. The van der Waals surface area contributed by atoms with Crippen LogP contribution in [-0.4, -0.2) is 5.11 Å². The minimum atomic E-state index is 1.08. The zero-order chi connectivity index (χ0) is 11.9. The van der Waals surface area contributed by atoms with Crippen molar-refractivity contribution < 1.29 is 5.11 Å². The highest BCUT2D eigenvalue weighted by Crippen LogP contribution is 2.10. The minimum absolute atomic E-state index is 1.08. The van der Waals surface area contributed by atoms with Crippen LogP contribution in [0.15, 0.2) is 24.5 Å². The normalized spacial score (nSPS) is 11.8. The summed E-state index contributed by atoms with van der Waals surface area (Å²) in [5.74, 6) is 0. The molecule has 0 aromatic rings. The maximum absolute atomic E-state index is 8.40. The second-order valence-electron chi connectivity index (χ2n) is 4.39. The third-order valence-electron chi connectivity index (χ3n) is 2.81. The average molecular weight is 224 g/mol. The molecule has 0 rings (SSSR count). The highest BCUT2D eigenvalue weighted by Gasteiger charge is 1.90. The first-order valence-corrected chi connectivity index (χ1v) is 6.87. The third kappa shape index (κ3) is 13.3. The van der Waals surface area contributed by atoms with E-state index in [4.69, 9.17) is 5.11 Å². The molecule has 0 unspecified atom stereocenters. The highest BCUT2D eigenvalue weighted by atomic mass is 16.2. The SMILES string of the molecule is CCCCCCCCCCCC=CC=CO. The van der Waals surface area contributed by atoms with Crippen LogP contribution in [0.3, 0.4) is 0 Å². The summed E-state index contributed by atoms with van der Waals surface area (Å²) < 4.78 is 0. The van der Waals surface area contributed by atoms with Gasteiger partial charge in [0.1, 0.15) is 0 Å². The van der Waals surface area contributed by atoms with Crippen LogP contribution in [-0.2, 0) is 0 Å². The van der Waals surface area contributed by atoms with E-state index in [-0.39, 0.29) is 0 Å². The van der Waals surface area contributed by atoms with Gasteiger partial charge in [0.25, 0.3) is 0 Å². The summed E-state index contributed by atoms with van der Waals surface area (Å²) in [6.07, 6.45) is 20.3. The molecule has 16 heavy (non-hydrogen) atoms. The standard InChI is InChI=1S/C15H28O/c1-2-3-4-5-6-7-8-9-10-11-12-13-14-15-16/h12-16H,2-11H2,1H3. The van der Waals surface area contributed by atoms with Crippen molar-refractivity contribution in [1.29, 1.82) is 0 Å². The molecule has 0 aliphatic heterocycles. The van der Waals surface area contributed by atoms with E-state index in [1.54, 1.807) is 6.08 Å². The molecule has 0 fully saturated rings. The quantitative estimate of drug-likeness (QED) is 0.278. The Morgan fingerprint density at radius 1 is 0.750 bits per heavy atom. The fourth-order valence-electron chi connectivity index (χ4n) is 1.80. The van der Waals surface area contributed by atoms with Crippen LogP contribution < -0.4 is 0 Å². The van der Waals surface area contributed by atoms with E-state index < -0.39 is 0 Å². The lowest BCUT2D eigenvalue weighted by atomic mass is 10.1. The Kier molecular flexibility index (Phi) is 13.6. The van der Waals surface area contributed by atoms with E-state index in [2.05, 4.69) is 13.0 Å². The number of aliphatic hydroxyl groups is 1. The van der Waals surface area contributed by atoms with Crippen molar-refractivity contribution in [3.8, 4) is 0 Å². The molecule has 0 radical (unpaired) electrons. The molecule has 0 aliphatic rings. The lowest BCUT2D eigenvalue weighted by Gasteiger charge is -2.00. The lowest BCUT2D eigenvalue weighted by molar-refractivity contribution is 0.473. The van der Waals surface area contributed by atoms with Crippen LogP contribution >= 0.6 is 0 Å². The number of hydrogen-bond donors (Lipinski definition) is 1. The van der Waals surface area contributed by atoms with Gasteiger partial charge in [0.2, 0.25) is 0 Å². The predicted molar refractivity (Wildman–Crippen MR) is 72.8 cm³/mol. The molecule has 0 amide bonds. The summed E-state index contributed by atoms with van der Waals surface area (Å²) in [6, 6.07) is 0. The van der Waals surface area contributed by atoms with Gasteiger partial charge >= 0.3 is 0 Å². The van der Waals surface area contributed by atoms with Crippen LogP contribution in [0.1, 0.15) is 71.1 Å². The number of allylic oxidation sites excluding steroid dienone is 3. The molecular formula is C15H28O. The Bertz CT molecular complexity index is 170. The predicted octanol–water partition coefficient (Wildman–Crippen LogP) is 5.54. The summed E-state index contributed by atoms with van der Waals surface area (Å²) in [6.45, 7) is 2.26. The lowest BCUT2D eigenvalue weighted by Crippen LogP contribution is -1.80. The van der Waals surface area contributed by atoms with Crippen LogP contribution in [0.25, 0.3) is 0 Å². The number of rotatable bonds is 11. The monoisotopic (exact) mass is 224 g/mol. The van der Waals surface area contributed by atoms with Gasteiger partial charge in [0.05, 0.1) is 6.26 Å². The fourth-order valence-corrected chi connectivity index (χ4v) is 1.80. The molecule has 0 saturated heterocycles. The Morgan fingerprint density at radius 2 is 1.31 bits per heavy atom. The Labute approximate surface area is 101 Å². The van der Waals surface area contributed by atoms with Gasteiger partial charge in [0.15, 0.2) is 0 Å². The molecular weight excluding hydrogens is 196 g/mol. The largest absolute Gasteiger partial charge is 0.516 e. The maximum atomic E-state index is 8.40. The smallest absolute Gasteiger partial charge is 0.0791 e. The van der Waals surface area contributed by atoms with Gasteiger partial charge in [-0.2, -0.15) is 0 Å². The molecule has 0 spiro atoms. The molecule has 94 valence electrons. The second kappa shape index (κ2) is 14.3. The zero-order valence-corrected chi connectivity index (χ0v) is 10.8. The van der Waals surface area contributed by atoms with E-state index in [0.29, 0.717) is 0 Å². The highest BCUT2D eigenvalue weighted by molar-refractivity contribution is 4.98. The van der Waals surface area contributed by atoms with E-state index in [1.807, 2.05) is 6.08 Å². The van der Waals surface area contributed by atoms with Crippen molar-refractivity contribution in [3.63, 3.8) is 0 Å². The Morgan fingerprint density at radius 3 is 1.88 bits per heavy atom. The van der Waals surface area contributed by atoms with Crippen LogP contribution in [0.2, 0.25) is 0 Å². The number of hydrogen-bond acceptors (Lipinski definition) is 1. The van der Waals surface area contributed by atoms with Crippen LogP contribution in [0.4, 0.5) is 0 Å².